The Labute approximate surface area is 119 Å². The number of rotatable bonds is 2. The van der Waals surface area contributed by atoms with Gasteiger partial charge in [-0.25, -0.2) is 8.42 Å². The van der Waals surface area contributed by atoms with Gasteiger partial charge in [0, 0.05) is 17.1 Å². The molecule has 20 heavy (non-hydrogen) atoms. The summed E-state index contributed by atoms with van der Waals surface area (Å²) in [5.74, 6) is 0.559. The van der Waals surface area contributed by atoms with Gasteiger partial charge in [0.25, 0.3) is 0 Å². The van der Waals surface area contributed by atoms with Crippen LogP contribution in [0.25, 0.3) is 10.9 Å². The first kappa shape index (κ1) is 13.4. The Kier molecular flexibility index (Phi) is 3.38. The Hall–Kier alpha value is -1.62. The third-order valence-corrected chi connectivity index (χ3v) is 5.49. The molecule has 3 rings (SSSR count). The van der Waals surface area contributed by atoms with Crippen molar-refractivity contribution in [3.63, 3.8) is 0 Å². The summed E-state index contributed by atoms with van der Waals surface area (Å²) in [5.41, 5.74) is 2.94. The number of para-hydroxylation sites is 1. The van der Waals surface area contributed by atoms with E-state index in [0.29, 0.717) is 12.8 Å². The Balaban J connectivity index is 1.86. The summed E-state index contributed by atoms with van der Waals surface area (Å²) in [6.07, 6.45) is 1.34. The molecule has 1 aliphatic rings. The summed E-state index contributed by atoms with van der Waals surface area (Å²) in [5, 5.41) is 4.56. The zero-order chi connectivity index (χ0) is 14.2. The third-order valence-electron chi connectivity index (χ3n) is 3.77. The molecule has 0 aliphatic carbocycles. The van der Waals surface area contributed by atoms with Gasteiger partial charge in [0.1, 0.15) is 9.84 Å². The maximum Gasteiger partial charge on any atom is 0.150 e. The van der Waals surface area contributed by atoms with E-state index in [1.165, 1.54) is 0 Å². The number of pyridine rings is 1. The number of aromatic nitrogens is 1. The fraction of sp³-hybridized carbons (Fsp3) is 0.400. The molecule has 1 aromatic carbocycles. The average molecular weight is 290 g/mol. The van der Waals surface area contributed by atoms with E-state index in [4.69, 9.17) is 0 Å². The average Bonchev–Trinajstić information content (AvgIpc) is 2.42. The van der Waals surface area contributed by atoms with Gasteiger partial charge in [-0.05, 0) is 31.9 Å². The fourth-order valence-corrected chi connectivity index (χ4v) is 4.11. The number of anilines is 1. The standard InChI is InChI=1S/C15H18N2O2S/c1-11-5-6-12-3-2-4-14(15(12)16-11)17-13-7-9-20(18,19)10-8-13/h2-6,13,17H,7-10H2,1H3. The van der Waals surface area contributed by atoms with Crippen molar-refractivity contribution in [2.45, 2.75) is 25.8 Å². The Morgan fingerprint density at radius 2 is 1.90 bits per heavy atom. The lowest BCUT2D eigenvalue weighted by molar-refractivity contribution is 0.560. The summed E-state index contributed by atoms with van der Waals surface area (Å²) in [4.78, 5) is 4.59. The molecule has 106 valence electrons. The summed E-state index contributed by atoms with van der Waals surface area (Å²) in [7, 11) is -2.81. The Bertz CT molecular complexity index is 727. The van der Waals surface area contributed by atoms with Crippen molar-refractivity contribution in [2.75, 3.05) is 16.8 Å². The number of benzene rings is 1. The van der Waals surface area contributed by atoms with E-state index in [-0.39, 0.29) is 17.5 Å². The molecule has 1 aliphatic heterocycles. The van der Waals surface area contributed by atoms with Gasteiger partial charge in [-0.15, -0.1) is 0 Å². The van der Waals surface area contributed by atoms with Crippen LogP contribution in [-0.4, -0.2) is 30.9 Å². The van der Waals surface area contributed by atoms with Crippen LogP contribution in [0.5, 0.6) is 0 Å². The van der Waals surface area contributed by atoms with Crippen molar-refractivity contribution in [3.05, 3.63) is 36.0 Å². The molecule has 1 aromatic heterocycles. The first-order valence-corrected chi connectivity index (χ1v) is 8.69. The highest BCUT2D eigenvalue weighted by Gasteiger charge is 2.23. The molecule has 0 spiro atoms. The highest BCUT2D eigenvalue weighted by molar-refractivity contribution is 7.91. The smallest absolute Gasteiger partial charge is 0.150 e. The molecular formula is C15H18N2O2S. The molecule has 0 radical (unpaired) electrons. The second-order valence-corrected chi connectivity index (χ2v) is 7.70. The molecule has 0 amide bonds. The van der Waals surface area contributed by atoms with E-state index in [1.54, 1.807) is 0 Å². The van der Waals surface area contributed by atoms with Gasteiger partial charge in [0.15, 0.2) is 0 Å². The Morgan fingerprint density at radius 1 is 1.15 bits per heavy atom. The van der Waals surface area contributed by atoms with Crippen molar-refractivity contribution in [1.82, 2.24) is 4.98 Å². The zero-order valence-corrected chi connectivity index (χ0v) is 12.3. The predicted octanol–water partition coefficient (Wildman–Crippen LogP) is 2.53. The number of sulfone groups is 1. The minimum Gasteiger partial charge on any atom is -0.380 e. The van der Waals surface area contributed by atoms with Crippen LogP contribution in [0, 0.1) is 6.92 Å². The molecule has 0 atom stereocenters. The maximum atomic E-state index is 11.5. The zero-order valence-electron chi connectivity index (χ0n) is 11.5. The largest absolute Gasteiger partial charge is 0.380 e. The van der Waals surface area contributed by atoms with Gasteiger partial charge >= 0.3 is 0 Å². The van der Waals surface area contributed by atoms with E-state index in [0.717, 1.165) is 22.3 Å². The molecule has 1 fully saturated rings. The molecule has 1 N–H and O–H groups in total. The van der Waals surface area contributed by atoms with Crippen molar-refractivity contribution in [1.29, 1.82) is 0 Å². The van der Waals surface area contributed by atoms with Crippen LogP contribution >= 0.6 is 0 Å². The van der Waals surface area contributed by atoms with E-state index < -0.39 is 9.84 Å². The Morgan fingerprint density at radius 3 is 2.65 bits per heavy atom. The van der Waals surface area contributed by atoms with Gasteiger partial charge in [-0.3, -0.25) is 4.98 Å². The van der Waals surface area contributed by atoms with Crippen LogP contribution in [0.3, 0.4) is 0 Å². The predicted molar refractivity (Wildman–Crippen MR) is 81.8 cm³/mol. The quantitative estimate of drug-likeness (QED) is 0.923. The van der Waals surface area contributed by atoms with Gasteiger partial charge in [0.2, 0.25) is 0 Å². The molecule has 2 aromatic rings. The molecule has 0 bridgehead atoms. The second kappa shape index (κ2) is 5.05. The van der Waals surface area contributed by atoms with E-state index in [1.807, 2.05) is 31.2 Å². The van der Waals surface area contributed by atoms with Crippen LogP contribution < -0.4 is 5.32 Å². The van der Waals surface area contributed by atoms with Crippen molar-refractivity contribution in [3.8, 4) is 0 Å². The first-order valence-electron chi connectivity index (χ1n) is 6.87. The van der Waals surface area contributed by atoms with Gasteiger partial charge in [0.05, 0.1) is 22.7 Å². The van der Waals surface area contributed by atoms with Crippen LogP contribution in [0.1, 0.15) is 18.5 Å². The molecule has 4 nitrogen and oxygen atoms in total. The monoisotopic (exact) mass is 290 g/mol. The van der Waals surface area contributed by atoms with Gasteiger partial charge in [-0.1, -0.05) is 18.2 Å². The molecule has 2 heterocycles. The summed E-state index contributed by atoms with van der Waals surface area (Å²) < 4.78 is 22.9. The number of hydrogen-bond donors (Lipinski definition) is 1. The minimum absolute atomic E-state index is 0.214. The summed E-state index contributed by atoms with van der Waals surface area (Å²) in [6.45, 7) is 1.98. The molecule has 0 unspecified atom stereocenters. The highest BCUT2D eigenvalue weighted by atomic mass is 32.2. The summed E-state index contributed by atoms with van der Waals surface area (Å²) >= 11 is 0. The van der Waals surface area contributed by atoms with Crippen molar-refractivity contribution < 1.29 is 8.42 Å². The summed E-state index contributed by atoms with van der Waals surface area (Å²) in [6, 6.07) is 10.3. The number of nitrogens with one attached hydrogen (secondary N) is 1. The van der Waals surface area contributed by atoms with E-state index in [9.17, 15) is 8.42 Å². The number of nitrogens with zero attached hydrogens (tertiary/aromatic N) is 1. The normalized spacial score (nSPS) is 19.1. The fourth-order valence-electron chi connectivity index (χ4n) is 2.62. The van der Waals surface area contributed by atoms with E-state index in [2.05, 4.69) is 16.4 Å². The van der Waals surface area contributed by atoms with Crippen LogP contribution in [-0.2, 0) is 9.84 Å². The van der Waals surface area contributed by atoms with Crippen LogP contribution in [0.4, 0.5) is 5.69 Å². The minimum atomic E-state index is -2.81. The van der Waals surface area contributed by atoms with Crippen molar-refractivity contribution in [2.24, 2.45) is 0 Å². The van der Waals surface area contributed by atoms with Gasteiger partial charge in [-0.2, -0.15) is 0 Å². The highest BCUT2D eigenvalue weighted by Crippen LogP contribution is 2.25. The van der Waals surface area contributed by atoms with Crippen molar-refractivity contribution >= 4 is 26.4 Å². The molecule has 5 heteroatoms. The molecular weight excluding hydrogens is 272 g/mol. The number of aryl methyl sites for hydroxylation is 1. The lowest BCUT2D eigenvalue weighted by Crippen LogP contribution is -2.32. The lowest BCUT2D eigenvalue weighted by atomic mass is 10.1. The molecule has 0 saturated carbocycles. The number of fused-ring (bicyclic) bond motifs is 1. The van der Waals surface area contributed by atoms with Crippen LogP contribution in [0.15, 0.2) is 30.3 Å². The lowest BCUT2D eigenvalue weighted by Gasteiger charge is -2.24. The van der Waals surface area contributed by atoms with Gasteiger partial charge < -0.3 is 5.32 Å². The van der Waals surface area contributed by atoms with Crippen LogP contribution in [0.2, 0.25) is 0 Å². The third kappa shape index (κ3) is 2.77. The topological polar surface area (TPSA) is 59.1 Å². The second-order valence-electron chi connectivity index (χ2n) is 5.40. The maximum absolute atomic E-state index is 11.5. The molecule has 1 saturated heterocycles. The first-order chi connectivity index (χ1) is 9.53. The van der Waals surface area contributed by atoms with E-state index >= 15 is 0 Å². The number of hydrogen-bond acceptors (Lipinski definition) is 4. The SMILES string of the molecule is Cc1ccc2cccc(NC3CCS(=O)(=O)CC3)c2n1.